The zero-order valence-electron chi connectivity index (χ0n) is 24.8. The van der Waals surface area contributed by atoms with E-state index < -0.39 is 52.7 Å². The first kappa shape index (κ1) is 34.6. The maximum Gasteiger partial charge on any atom is 0.511 e. The number of ether oxygens (including phenoxy) is 2. The Labute approximate surface area is 256 Å². The molecule has 1 aromatic heterocycles. The first-order valence-electron chi connectivity index (χ1n) is 13.3. The van der Waals surface area contributed by atoms with Crippen LogP contribution in [0.4, 0.5) is 18.0 Å². The smallest absolute Gasteiger partial charge is 0.511 e. The molecule has 1 amide bonds. The van der Waals surface area contributed by atoms with Crippen molar-refractivity contribution in [2.45, 2.75) is 44.8 Å². The molecule has 1 N–H and O–H groups in total. The summed E-state index contributed by atoms with van der Waals surface area (Å²) in [5, 5.41) is 20.0. The van der Waals surface area contributed by atoms with Gasteiger partial charge in [0.05, 0.1) is 34.9 Å². The molecule has 3 aromatic rings. The van der Waals surface area contributed by atoms with Crippen LogP contribution in [-0.2, 0) is 35.3 Å². The molecule has 2 aromatic carbocycles. The van der Waals surface area contributed by atoms with Gasteiger partial charge in [-0.3, -0.25) is 4.79 Å². The SMILES string of the molecule is CCOC(=O)OCON=[N+]([O-])N(C)[C@H](C(=O)NS(=O)(=O)c1ccc(-n2nc(C(F)(F)F)cc2-c2ccc(C)cc2)cc1)C(C)C. The maximum absolute atomic E-state index is 13.5. The number of aryl methyl sites for hydroxylation is 1. The summed E-state index contributed by atoms with van der Waals surface area (Å²) in [6.07, 6.45) is -5.79. The number of benzene rings is 2. The number of sulfonamides is 1. The van der Waals surface area contributed by atoms with Crippen molar-refractivity contribution in [3.05, 3.63) is 71.1 Å². The van der Waals surface area contributed by atoms with Crippen molar-refractivity contribution in [2.75, 3.05) is 20.4 Å². The fraction of sp³-hybridized carbons (Fsp3) is 0.370. The summed E-state index contributed by atoms with van der Waals surface area (Å²) in [5.41, 5.74) is 0.462. The number of nitrogens with one attached hydrogen (secondary N) is 1. The Balaban J connectivity index is 1.80. The number of nitrogens with zero attached hydrogens (tertiary/aromatic N) is 5. The van der Waals surface area contributed by atoms with Crippen molar-refractivity contribution in [1.29, 1.82) is 0 Å². The average Bonchev–Trinajstić information content (AvgIpc) is 3.42. The van der Waals surface area contributed by atoms with Crippen LogP contribution in [-0.4, -0.2) is 66.7 Å². The lowest BCUT2D eigenvalue weighted by atomic mass is 10.0. The molecule has 0 radical (unpaired) electrons. The highest BCUT2D eigenvalue weighted by Crippen LogP contribution is 2.33. The number of likely N-dealkylation sites (N-methyl/N-ethyl adjacent to an activating group) is 1. The third-order valence-electron chi connectivity index (χ3n) is 6.17. The normalized spacial score (nSPS) is 12.9. The first-order valence-corrected chi connectivity index (χ1v) is 14.8. The molecule has 0 bridgehead atoms. The molecule has 1 heterocycles. The minimum absolute atomic E-state index is 0.0483. The van der Waals surface area contributed by atoms with Gasteiger partial charge < -0.3 is 19.5 Å². The number of carbonyl (C=O) groups is 2. The number of hydrazine groups is 1. The van der Waals surface area contributed by atoms with Gasteiger partial charge in [-0.25, -0.2) is 22.6 Å². The minimum Gasteiger partial charge on any atom is -0.569 e. The highest BCUT2D eigenvalue weighted by atomic mass is 32.2. The van der Waals surface area contributed by atoms with Crippen molar-refractivity contribution < 1.29 is 50.5 Å². The van der Waals surface area contributed by atoms with Crippen LogP contribution in [0.1, 0.15) is 32.0 Å². The van der Waals surface area contributed by atoms with Crippen molar-refractivity contribution in [2.24, 2.45) is 11.2 Å². The largest absolute Gasteiger partial charge is 0.569 e. The Morgan fingerprint density at radius 1 is 1.11 bits per heavy atom. The molecule has 0 spiro atoms. The van der Waals surface area contributed by atoms with Crippen molar-refractivity contribution in [1.82, 2.24) is 19.5 Å². The molecule has 0 saturated heterocycles. The van der Waals surface area contributed by atoms with Crippen molar-refractivity contribution in [3.8, 4) is 16.9 Å². The number of halogens is 3. The zero-order valence-corrected chi connectivity index (χ0v) is 25.6. The molecular weight excluding hydrogens is 625 g/mol. The highest BCUT2D eigenvalue weighted by molar-refractivity contribution is 7.90. The van der Waals surface area contributed by atoms with Crippen LogP contribution in [0.2, 0.25) is 0 Å². The summed E-state index contributed by atoms with van der Waals surface area (Å²) in [6.45, 7) is 5.75. The highest BCUT2D eigenvalue weighted by Gasteiger charge is 2.36. The Kier molecular flexibility index (Phi) is 11.0. The van der Waals surface area contributed by atoms with E-state index in [1.54, 1.807) is 45.0 Å². The van der Waals surface area contributed by atoms with Crippen LogP contribution in [0.25, 0.3) is 16.9 Å². The van der Waals surface area contributed by atoms with Gasteiger partial charge in [0.1, 0.15) is 0 Å². The zero-order chi connectivity index (χ0) is 33.5. The second-order valence-corrected chi connectivity index (χ2v) is 11.5. The summed E-state index contributed by atoms with van der Waals surface area (Å²) >= 11 is 0. The number of alkyl halides is 3. The Morgan fingerprint density at radius 3 is 2.29 bits per heavy atom. The number of aromatic nitrogens is 2. The van der Waals surface area contributed by atoms with Gasteiger partial charge in [-0.2, -0.15) is 18.3 Å². The molecule has 1 atom stereocenters. The topological polar surface area (TPSA) is 167 Å². The van der Waals surface area contributed by atoms with Crippen LogP contribution in [0.3, 0.4) is 0 Å². The quantitative estimate of drug-likeness (QED) is 0.0728. The van der Waals surface area contributed by atoms with Gasteiger partial charge in [-0.15, -0.1) is 5.01 Å². The molecule has 3 rings (SSSR count). The summed E-state index contributed by atoms with van der Waals surface area (Å²) in [7, 11) is -3.35. The van der Waals surface area contributed by atoms with Crippen LogP contribution >= 0.6 is 0 Å². The van der Waals surface area contributed by atoms with E-state index in [0.29, 0.717) is 5.56 Å². The monoisotopic (exact) mass is 656 g/mol. The lowest BCUT2D eigenvalue weighted by molar-refractivity contribution is -0.712. The Hall–Kier alpha value is -4.87. The van der Waals surface area contributed by atoms with Gasteiger partial charge in [0.15, 0.2) is 11.7 Å². The third-order valence-corrected chi connectivity index (χ3v) is 7.53. The lowest BCUT2D eigenvalue weighted by Crippen LogP contribution is -2.51. The molecular formula is C27H31F3N6O8S. The van der Waals surface area contributed by atoms with Gasteiger partial charge in [0.25, 0.3) is 22.7 Å². The van der Waals surface area contributed by atoms with Crippen LogP contribution in [0.15, 0.2) is 64.8 Å². The number of hydrogen-bond acceptors (Lipinski definition) is 10. The minimum atomic E-state index is -4.73. The molecule has 0 saturated carbocycles. The molecule has 18 heteroatoms. The van der Waals surface area contributed by atoms with Gasteiger partial charge in [-0.1, -0.05) is 43.7 Å². The fourth-order valence-electron chi connectivity index (χ4n) is 4.04. The molecule has 0 aliphatic rings. The van der Waals surface area contributed by atoms with E-state index in [-0.39, 0.29) is 27.9 Å². The van der Waals surface area contributed by atoms with E-state index in [1.165, 1.54) is 12.1 Å². The number of rotatable bonds is 12. The van der Waals surface area contributed by atoms with E-state index in [9.17, 15) is 36.4 Å². The molecule has 0 fully saturated rings. The molecule has 45 heavy (non-hydrogen) atoms. The van der Waals surface area contributed by atoms with E-state index in [2.05, 4.69) is 24.7 Å². The first-order chi connectivity index (χ1) is 21.0. The van der Waals surface area contributed by atoms with E-state index >= 15 is 0 Å². The number of hydrogen-bond donors (Lipinski definition) is 1. The summed E-state index contributed by atoms with van der Waals surface area (Å²) in [6, 6.07) is 10.9. The van der Waals surface area contributed by atoms with Gasteiger partial charge in [-0.05, 0) is 50.1 Å². The second kappa shape index (κ2) is 14.3. The number of amides is 1. The maximum atomic E-state index is 13.5. The van der Waals surface area contributed by atoms with E-state index in [0.717, 1.165) is 40.5 Å². The molecule has 0 unspecified atom stereocenters. The average molecular weight is 657 g/mol. The molecule has 244 valence electrons. The standard InChI is InChI=1S/C27H31F3N6O8S/c1-6-42-26(38)43-16-44-33-36(39)34(5)24(17(2)3)25(37)32-45(40,41)21-13-11-20(12-14-21)35-22(15-23(31-35)27(28,29)30)19-9-7-18(4)8-10-19/h7-15,17,24H,6,16H2,1-5H3,(H,32,37)/t24-/m0/s1. The van der Waals surface area contributed by atoms with Crippen LogP contribution in [0.5, 0.6) is 0 Å². The number of carbonyl (C=O) groups excluding carboxylic acids is 2. The molecule has 14 nitrogen and oxygen atoms in total. The van der Waals surface area contributed by atoms with E-state index in [4.69, 9.17) is 0 Å². The van der Waals surface area contributed by atoms with Crippen LogP contribution < -0.4 is 4.72 Å². The summed E-state index contributed by atoms with van der Waals surface area (Å²) in [4.78, 5) is 28.2. The van der Waals surface area contributed by atoms with Crippen molar-refractivity contribution >= 4 is 22.1 Å². The summed E-state index contributed by atoms with van der Waals surface area (Å²) < 4.78 is 78.7. The van der Waals surface area contributed by atoms with Gasteiger partial charge in [0.2, 0.25) is 5.28 Å². The summed E-state index contributed by atoms with van der Waals surface area (Å²) in [5.74, 6) is -1.70. The Morgan fingerprint density at radius 2 is 1.73 bits per heavy atom. The van der Waals surface area contributed by atoms with Crippen molar-refractivity contribution in [3.63, 3.8) is 0 Å². The fourth-order valence-corrected chi connectivity index (χ4v) is 5.04. The van der Waals surface area contributed by atoms with Gasteiger partial charge >= 0.3 is 12.3 Å². The predicted molar refractivity (Wildman–Crippen MR) is 151 cm³/mol. The molecule has 0 aliphatic carbocycles. The lowest BCUT2D eigenvalue weighted by Gasteiger charge is -2.25. The van der Waals surface area contributed by atoms with Crippen LogP contribution in [0, 0.1) is 18.0 Å². The van der Waals surface area contributed by atoms with Gasteiger partial charge in [0, 0.05) is 5.56 Å². The Bertz CT molecular complexity index is 1630. The second-order valence-electron chi connectivity index (χ2n) is 9.83. The predicted octanol–water partition coefficient (Wildman–Crippen LogP) is 4.57. The molecule has 0 aliphatic heterocycles. The van der Waals surface area contributed by atoms with E-state index in [1.807, 2.05) is 11.6 Å². The third kappa shape index (κ3) is 8.84.